The lowest BCUT2D eigenvalue weighted by Gasteiger charge is -2.17. The molecule has 158 valence electrons. The summed E-state index contributed by atoms with van der Waals surface area (Å²) in [6.45, 7) is 0.492. The Morgan fingerprint density at radius 1 is 1.03 bits per heavy atom. The molecule has 0 unspecified atom stereocenters. The number of nitrogens with zero attached hydrogens (tertiary/aromatic N) is 2. The van der Waals surface area contributed by atoms with Crippen LogP contribution in [0, 0.1) is 0 Å². The second-order valence-electron chi connectivity index (χ2n) is 6.89. The molecule has 0 saturated carbocycles. The number of hydrogen-bond acceptors (Lipinski definition) is 3. The van der Waals surface area contributed by atoms with Gasteiger partial charge < -0.3 is 14.6 Å². The van der Waals surface area contributed by atoms with Crippen LogP contribution in [-0.4, -0.2) is 22.9 Å². The van der Waals surface area contributed by atoms with Gasteiger partial charge in [0.05, 0.1) is 5.56 Å². The number of alkyl halides is 3. The molecule has 8 heteroatoms. The molecule has 31 heavy (non-hydrogen) atoms. The van der Waals surface area contributed by atoms with E-state index in [4.69, 9.17) is 4.74 Å². The maximum Gasteiger partial charge on any atom is 0.417 e. The summed E-state index contributed by atoms with van der Waals surface area (Å²) in [6.07, 6.45) is -0.332. The van der Waals surface area contributed by atoms with E-state index in [0.29, 0.717) is 24.4 Å². The van der Waals surface area contributed by atoms with Crippen molar-refractivity contribution in [1.82, 2.24) is 9.97 Å². The largest absolute Gasteiger partial charge is 0.439 e. The van der Waals surface area contributed by atoms with Crippen molar-refractivity contribution in [2.75, 3.05) is 11.4 Å². The third kappa shape index (κ3) is 4.69. The van der Waals surface area contributed by atoms with Gasteiger partial charge in [0.2, 0.25) is 12.3 Å². The molecule has 5 nitrogen and oxygen atoms in total. The van der Waals surface area contributed by atoms with E-state index < -0.39 is 11.7 Å². The van der Waals surface area contributed by atoms with E-state index in [1.807, 2.05) is 30.5 Å². The zero-order valence-electron chi connectivity index (χ0n) is 16.3. The minimum atomic E-state index is -4.45. The highest BCUT2D eigenvalue weighted by atomic mass is 19.4. The monoisotopic (exact) mass is 425 g/mol. The number of pyridine rings is 1. The number of anilines is 1. The Bertz CT molecular complexity index is 1170. The standard InChI is InChI=1S/C23H18F3N3O2/c24-23(25,26)17-5-10-22(28-14-17)31-19-8-6-18(7-9-19)29(15-30)12-11-16-13-27-21-4-2-1-3-20(16)21/h1-10,13-15,27H,11-12H2. The van der Waals surface area contributed by atoms with Gasteiger partial charge in [-0.25, -0.2) is 4.98 Å². The van der Waals surface area contributed by atoms with Gasteiger partial charge in [0.15, 0.2) is 0 Å². The lowest BCUT2D eigenvalue weighted by atomic mass is 10.1. The third-order valence-electron chi connectivity index (χ3n) is 4.88. The van der Waals surface area contributed by atoms with Crippen molar-refractivity contribution in [1.29, 1.82) is 0 Å². The Labute approximate surface area is 176 Å². The van der Waals surface area contributed by atoms with Gasteiger partial charge in [-0.2, -0.15) is 13.2 Å². The molecule has 0 radical (unpaired) electrons. The topological polar surface area (TPSA) is 58.2 Å². The highest BCUT2D eigenvalue weighted by Gasteiger charge is 2.30. The predicted octanol–water partition coefficient (Wildman–Crippen LogP) is 5.58. The summed E-state index contributed by atoms with van der Waals surface area (Å²) in [6, 6.07) is 16.7. The summed E-state index contributed by atoms with van der Waals surface area (Å²) in [5.74, 6) is 0.450. The van der Waals surface area contributed by atoms with Crippen LogP contribution < -0.4 is 9.64 Å². The van der Waals surface area contributed by atoms with Gasteiger partial charge >= 0.3 is 6.18 Å². The Kier molecular flexibility index (Phi) is 5.62. The second kappa shape index (κ2) is 8.51. The maximum atomic E-state index is 12.6. The summed E-state index contributed by atoms with van der Waals surface area (Å²) < 4.78 is 43.3. The molecule has 0 atom stereocenters. The molecule has 2 aromatic heterocycles. The number of carbonyl (C=O) groups is 1. The molecule has 0 aliphatic rings. The van der Waals surface area contributed by atoms with Crippen LogP contribution in [0.5, 0.6) is 11.6 Å². The van der Waals surface area contributed by atoms with Crippen molar-refractivity contribution >= 4 is 23.0 Å². The Balaban J connectivity index is 1.40. The zero-order valence-corrected chi connectivity index (χ0v) is 16.3. The van der Waals surface area contributed by atoms with Crippen molar-refractivity contribution < 1.29 is 22.7 Å². The number of fused-ring (bicyclic) bond motifs is 1. The van der Waals surface area contributed by atoms with E-state index in [-0.39, 0.29) is 5.88 Å². The lowest BCUT2D eigenvalue weighted by Crippen LogP contribution is -2.23. The summed E-state index contributed by atoms with van der Waals surface area (Å²) in [5, 5.41) is 1.13. The van der Waals surface area contributed by atoms with Gasteiger partial charge in [0, 0.05) is 41.6 Å². The van der Waals surface area contributed by atoms with Crippen LogP contribution >= 0.6 is 0 Å². The zero-order chi connectivity index (χ0) is 21.8. The molecule has 0 fully saturated rings. The van der Waals surface area contributed by atoms with Gasteiger partial charge in [-0.3, -0.25) is 4.79 Å². The molecule has 0 spiro atoms. The van der Waals surface area contributed by atoms with Crippen LogP contribution in [0.1, 0.15) is 11.1 Å². The molecule has 4 aromatic rings. The predicted molar refractivity (Wildman–Crippen MR) is 111 cm³/mol. The summed E-state index contributed by atoms with van der Waals surface area (Å²) >= 11 is 0. The first-order valence-electron chi connectivity index (χ1n) is 9.52. The highest BCUT2D eigenvalue weighted by Crippen LogP contribution is 2.30. The fourth-order valence-electron chi connectivity index (χ4n) is 3.26. The number of para-hydroxylation sites is 1. The maximum absolute atomic E-state index is 12.6. The number of ether oxygens (including phenoxy) is 1. The van der Waals surface area contributed by atoms with E-state index in [1.54, 1.807) is 29.2 Å². The Morgan fingerprint density at radius 3 is 2.48 bits per heavy atom. The number of amides is 1. The number of rotatable bonds is 7. The average Bonchev–Trinajstić information content (AvgIpc) is 3.18. The first-order valence-corrected chi connectivity index (χ1v) is 9.52. The number of hydrogen-bond donors (Lipinski definition) is 1. The summed E-state index contributed by atoms with van der Waals surface area (Å²) in [5.41, 5.74) is 2.01. The SMILES string of the molecule is O=CN(CCc1c[nH]c2ccccc12)c1ccc(Oc2ccc(C(F)(F)F)cn2)cc1. The van der Waals surface area contributed by atoms with Crippen molar-refractivity contribution in [3.05, 3.63) is 84.2 Å². The fourth-order valence-corrected chi connectivity index (χ4v) is 3.26. The number of carbonyl (C=O) groups excluding carboxylic acids is 1. The minimum absolute atomic E-state index is 0.0485. The number of H-pyrrole nitrogens is 1. The van der Waals surface area contributed by atoms with Crippen molar-refractivity contribution in [2.45, 2.75) is 12.6 Å². The normalized spacial score (nSPS) is 11.5. The average molecular weight is 425 g/mol. The number of aromatic nitrogens is 2. The smallest absolute Gasteiger partial charge is 0.417 e. The second-order valence-corrected chi connectivity index (χ2v) is 6.89. The van der Waals surface area contributed by atoms with Crippen LogP contribution in [0.3, 0.4) is 0 Å². The molecular weight excluding hydrogens is 407 g/mol. The Morgan fingerprint density at radius 2 is 1.81 bits per heavy atom. The van der Waals surface area contributed by atoms with E-state index in [9.17, 15) is 18.0 Å². The van der Waals surface area contributed by atoms with E-state index in [1.165, 1.54) is 0 Å². The number of halogens is 3. The van der Waals surface area contributed by atoms with Crippen LogP contribution in [-0.2, 0) is 17.4 Å². The molecular formula is C23H18F3N3O2. The molecule has 0 aliphatic carbocycles. The number of benzene rings is 2. The molecule has 2 aromatic carbocycles. The van der Waals surface area contributed by atoms with E-state index in [0.717, 1.165) is 41.2 Å². The van der Waals surface area contributed by atoms with Crippen LogP contribution in [0.15, 0.2) is 73.1 Å². The number of aromatic amines is 1. The fraction of sp³-hybridized carbons (Fsp3) is 0.130. The lowest BCUT2D eigenvalue weighted by molar-refractivity contribution is -0.137. The van der Waals surface area contributed by atoms with E-state index >= 15 is 0 Å². The van der Waals surface area contributed by atoms with Gasteiger partial charge in [-0.15, -0.1) is 0 Å². The first-order chi connectivity index (χ1) is 14.9. The first kappa shape index (κ1) is 20.5. The van der Waals surface area contributed by atoms with Gasteiger partial charge in [-0.1, -0.05) is 18.2 Å². The molecule has 4 rings (SSSR count). The summed E-state index contributed by atoms with van der Waals surface area (Å²) in [4.78, 5) is 20.1. The highest BCUT2D eigenvalue weighted by molar-refractivity contribution is 5.83. The third-order valence-corrected chi connectivity index (χ3v) is 4.88. The number of nitrogens with one attached hydrogen (secondary N) is 1. The molecule has 0 saturated heterocycles. The van der Waals surface area contributed by atoms with Crippen molar-refractivity contribution in [3.8, 4) is 11.6 Å². The van der Waals surface area contributed by atoms with Crippen LogP contribution in [0.2, 0.25) is 0 Å². The molecule has 0 aliphatic heterocycles. The van der Waals surface area contributed by atoms with Crippen LogP contribution in [0.25, 0.3) is 10.9 Å². The minimum Gasteiger partial charge on any atom is -0.439 e. The van der Waals surface area contributed by atoms with E-state index in [2.05, 4.69) is 9.97 Å². The molecule has 1 amide bonds. The van der Waals surface area contributed by atoms with Crippen molar-refractivity contribution in [2.24, 2.45) is 0 Å². The molecule has 0 bridgehead atoms. The Hall–Kier alpha value is -3.81. The quantitative estimate of drug-likeness (QED) is 0.393. The molecule has 2 heterocycles. The van der Waals surface area contributed by atoms with Crippen LogP contribution in [0.4, 0.5) is 18.9 Å². The van der Waals surface area contributed by atoms with Gasteiger partial charge in [0.1, 0.15) is 5.75 Å². The summed E-state index contributed by atoms with van der Waals surface area (Å²) in [7, 11) is 0. The van der Waals surface area contributed by atoms with Crippen molar-refractivity contribution in [3.63, 3.8) is 0 Å². The molecule has 1 N–H and O–H groups in total. The van der Waals surface area contributed by atoms with Gasteiger partial charge in [0.25, 0.3) is 0 Å². The van der Waals surface area contributed by atoms with Gasteiger partial charge in [-0.05, 0) is 48.4 Å².